The van der Waals surface area contributed by atoms with E-state index in [0.29, 0.717) is 12.8 Å². The van der Waals surface area contributed by atoms with Crippen LogP contribution >= 0.6 is 7.82 Å². The van der Waals surface area contributed by atoms with Crippen LogP contribution in [0.1, 0.15) is 213 Å². The Hall–Kier alpha value is -1.32. The van der Waals surface area contributed by atoms with Crippen molar-refractivity contribution in [3.63, 3.8) is 0 Å². The lowest BCUT2D eigenvalue weighted by Crippen LogP contribution is -2.46. The number of carbonyl (C=O) groups is 1. The lowest BCUT2D eigenvalue weighted by atomic mass is 10.0. The average molecular weight is 813 g/mol. The minimum Gasteiger partial charge on any atom is -0.393 e. The molecule has 0 fully saturated rings. The lowest BCUT2D eigenvalue weighted by Gasteiger charge is -2.24. The molecule has 0 rings (SSSR count). The Morgan fingerprint density at radius 2 is 1.02 bits per heavy atom. The van der Waals surface area contributed by atoms with Gasteiger partial charge in [0, 0.05) is 6.54 Å². The molecule has 0 saturated carbocycles. The third kappa shape index (κ3) is 39.5. The molecular formula is C46H89N2O7P. The first kappa shape index (κ1) is 54.7. The summed E-state index contributed by atoms with van der Waals surface area (Å²) < 4.78 is 22.1. The van der Waals surface area contributed by atoms with E-state index in [2.05, 4.69) is 43.5 Å². The molecule has 0 radical (unpaired) electrons. The molecule has 0 aromatic heterocycles. The minimum atomic E-state index is -4.41. The summed E-state index contributed by atoms with van der Waals surface area (Å²) in [5.41, 5.74) is 5.36. The zero-order chi connectivity index (χ0) is 41.2. The maximum atomic E-state index is 12.8. The fourth-order valence-corrected chi connectivity index (χ4v) is 7.48. The lowest BCUT2D eigenvalue weighted by molar-refractivity contribution is -0.124. The quantitative estimate of drug-likeness (QED) is 0.0232. The van der Waals surface area contributed by atoms with Crippen molar-refractivity contribution in [2.75, 3.05) is 19.8 Å². The van der Waals surface area contributed by atoms with E-state index in [9.17, 15) is 24.5 Å². The van der Waals surface area contributed by atoms with Gasteiger partial charge < -0.3 is 26.2 Å². The molecule has 0 aliphatic carbocycles. The van der Waals surface area contributed by atoms with Crippen LogP contribution in [-0.2, 0) is 18.4 Å². The summed E-state index contributed by atoms with van der Waals surface area (Å²) >= 11 is 0. The predicted octanol–water partition coefficient (Wildman–Crippen LogP) is 12.1. The molecule has 0 aromatic rings. The molecule has 4 atom stereocenters. The van der Waals surface area contributed by atoms with Gasteiger partial charge in [-0.2, -0.15) is 0 Å². The second-order valence-corrected chi connectivity index (χ2v) is 17.2. The Labute approximate surface area is 344 Å². The Bertz CT molecular complexity index is 993. The van der Waals surface area contributed by atoms with E-state index in [1.54, 1.807) is 6.08 Å². The molecule has 0 aromatic carbocycles. The molecule has 0 saturated heterocycles. The van der Waals surface area contributed by atoms with Gasteiger partial charge >= 0.3 is 7.82 Å². The summed E-state index contributed by atoms with van der Waals surface area (Å²) in [6.45, 7) is 3.95. The zero-order valence-electron chi connectivity index (χ0n) is 36.2. The highest BCUT2D eigenvalue weighted by Crippen LogP contribution is 2.43. The number of rotatable bonds is 43. The van der Waals surface area contributed by atoms with E-state index >= 15 is 0 Å². The summed E-state index contributed by atoms with van der Waals surface area (Å²) in [5.74, 6) is -0.460. The summed E-state index contributed by atoms with van der Waals surface area (Å²) in [7, 11) is -4.41. The maximum absolute atomic E-state index is 12.8. The number of nitrogens with one attached hydrogen (secondary N) is 1. The molecule has 0 heterocycles. The van der Waals surface area contributed by atoms with Crippen LogP contribution in [0.2, 0.25) is 0 Å². The Morgan fingerprint density at radius 1 is 0.607 bits per heavy atom. The minimum absolute atomic E-state index is 0.0435. The van der Waals surface area contributed by atoms with E-state index in [1.165, 1.54) is 135 Å². The van der Waals surface area contributed by atoms with Gasteiger partial charge in [-0.05, 0) is 57.8 Å². The smallest absolute Gasteiger partial charge is 0.393 e. The van der Waals surface area contributed by atoms with Crippen molar-refractivity contribution in [2.45, 2.75) is 231 Å². The third-order valence-corrected chi connectivity index (χ3v) is 11.2. The molecular weight excluding hydrogens is 723 g/mol. The number of hydrogen-bond donors (Lipinski definition) is 5. The number of phosphoric acid groups is 1. The van der Waals surface area contributed by atoms with Crippen LogP contribution in [0.5, 0.6) is 0 Å². The summed E-state index contributed by atoms with van der Waals surface area (Å²) in [4.78, 5) is 22.8. The number of amides is 1. The monoisotopic (exact) mass is 813 g/mol. The van der Waals surface area contributed by atoms with Crippen molar-refractivity contribution >= 4 is 13.7 Å². The molecule has 4 unspecified atom stereocenters. The summed E-state index contributed by atoms with van der Waals surface area (Å²) in [6, 6.07) is -1.00. The standard InChI is InChI=1S/C46H89N2O7P/c1-3-5-7-9-11-13-15-17-19-20-21-22-24-25-27-29-31-33-35-37-43(49)41-46(51)48-44(42-55-56(52,53)54-40-39-47)45(50)38-36-34-32-30-28-26-23-18-16-14-12-10-8-6-4-2/h22,24,28,30,36,38,43-45,49-50H,3-21,23,25-27,29,31-35,37,39-42,47H2,1-2H3,(H,48,51)(H,52,53)/b24-22-,30-28+,38-36+. The molecule has 0 bridgehead atoms. The van der Waals surface area contributed by atoms with Crippen LogP contribution in [0.15, 0.2) is 36.5 Å². The van der Waals surface area contributed by atoms with Gasteiger partial charge in [-0.3, -0.25) is 13.8 Å². The maximum Gasteiger partial charge on any atom is 0.472 e. The van der Waals surface area contributed by atoms with Gasteiger partial charge in [0.2, 0.25) is 5.91 Å². The molecule has 0 aliphatic rings. The number of nitrogens with two attached hydrogens (primary N) is 1. The molecule has 0 aliphatic heterocycles. The van der Waals surface area contributed by atoms with Crippen LogP contribution in [-0.4, -0.2) is 59.0 Å². The molecule has 56 heavy (non-hydrogen) atoms. The first-order chi connectivity index (χ1) is 27.3. The highest BCUT2D eigenvalue weighted by molar-refractivity contribution is 7.47. The van der Waals surface area contributed by atoms with Gasteiger partial charge in [0.05, 0.1) is 37.9 Å². The Morgan fingerprint density at radius 3 is 1.48 bits per heavy atom. The summed E-state index contributed by atoms with van der Waals surface area (Å²) in [5, 5.41) is 24.1. The third-order valence-electron chi connectivity index (χ3n) is 10.2. The van der Waals surface area contributed by atoms with Crippen LogP contribution in [0, 0.1) is 0 Å². The molecule has 1 amide bonds. The Kier molecular flexibility index (Phi) is 40.8. The molecule has 0 spiro atoms. The molecule has 9 nitrogen and oxygen atoms in total. The van der Waals surface area contributed by atoms with E-state index in [0.717, 1.165) is 44.9 Å². The van der Waals surface area contributed by atoms with Crippen LogP contribution in [0.25, 0.3) is 0 Å². The van der Waals surface area contributed by atoms with E-state index in [4.69, 9.17) is 14.8 Å². The normalized spacial score (nSPS) is 14.9. The van der Waals surface area contributed by atoms with E-state index in [1.807, 2.05) is 6.08 Å². The topological polar surface area (TPSA) is 151 Å². The van der Waals surface area contributed by atoms with Crippen molar-refractivity contribution in [1.82, 2.24) is 5.32 Å². The van der Waals surface area contributed by atoms with Crippen LogP contribution in [0.3, 0.4) is 0 Å². The van der Waals surface area contributed by atoms with Gasteiger partial charge in [0.15, 0.2) is 0 Å². The van der Waals surface area contributed by atoms with Gasteiger partial charge in [0.25, 0.3) is 0 Å². The first-order valence-electron chi connectivity index (χ1n) is 23.2. The van der Waals surface area contributed by atoms with Crippen LogP contribution in [0.4, 0.5) is 0 Å². The predicted molar refractivity (Wildman–Crippen MR) is 237 cm³/mol. The average Bonchev–Trinajstić information content (AvgIpc) is 3.17. The highest BCUT2D eigenvalue weighted by Gasteiger charge is 2.27. The number of unbranched alkanes of at least 4 members (excludes halogenated alkanes) is 25. The number of hydrogen-bond acceptors (Lipinski definition) is 7. The highest BCUT2D eigenvalue weighted by atomic mass is 31.2. The fourth-order valence-electron chi connectivity index (χ4n) is 6.72. The van der Waals surface area contributed by atoms with Crippen LogP contribution < -0.4 is 11.1 Å². The second kappa shape index (κ2) is 41.8. The first-order valence-corrected chi connectivity index (χ1v) is 24.7. The SMILES string of the molecule is CCCCCCCCCCC/C=C/CC/C=C/C(O)C(COP(=O)(O)OCCN)NC(=O)CC(O)CCCCCCC/C=C\CCCCCCCCCCCC. The van der Waals surface area contributed by atoms with Gasteiger partial charge in [0.1, 0.15) is 0 Å². The fraction of sp³-hybridized carbons (Fsp3) is 0.848. The number of phosphoric ester groups is 1. The van der Waals surface area contributed by atoms with Gasteiger partial charge in [-0.15, -0.1) is 0 Å². The largest absolute Gasteiger partial charge is 0.472 e. The molecule has 330 valence electrons. The van der Waals surface area contributed by atoms with Crippen molar-refractivity contribution in [1.29, 1.82) is 0 Å². The van der Waals surface area contributed by atoms with Crippen molar-refractivity contribution in [2.24, 2.45) is 5.73 Å². The van der Waals surface area contributed by atoms with Gasteiger partial charge in [-0.1, -0.05) is 185 Å². The molecule has 6 N–H and O–H groups in total. The van der Waals surface area contributed by atoms with E-state index < -0.39 is 38.6 Å². The number of aliphatic hydroxyl groups is 2. The molecule has 10 heteroatoms. The van der Waals surface area contributed by atoms with Crippen molar-refractivity contribution < 1.29 is 33.5 Å². The van der Waals surface area contributed by atoms with E-state index in [-0.39, 0.29) is 19.6 Å². The number of carbonyl (C=O) groups excluding carboxylic acids is 1. The van der Waals surface area contributed by atoms with Crippen molar-refractivity contribution in [3.8, 4) is 0 Å². The van der Waals surface area contributed by atoms with Crippen molar-refractivity contribution in [3.05, 3.63) is 36.5 Å². The number of allylic oxidation sites excluding steroid dienone is 5. The summed E-state index contributed by atoms with van der Waals surface area (Å²) in [6.07, 6.45) is 46.6. The Balaban J connectivity index is 4.31. The van der Waals surface area contributed by atoms with Gasteiger partial charge in [-0.25, -0.2) is 4.57 Å². The number of aliphatic hydroxyl groups excluding tert-OH is 2. The zero-order valence-corrected chi connectivity index (χ0v) is 37.1. The second-order valence-electron chi connectivity index (χ2n) is 15.8.